The van der Waals surface area contributed by atoms with Gasteiger partial charge in [-0.15, -0.1) is 10.8 Å². The molecule has 68 valence electrons. The molecule has 0 aliphatic heterocycles. The summed E-state index contributed by atoms with van der Waals surface area (Å²) in [6, 6.07) is 0. The molecule has 0 aromatic rings. The monoisotopic (exact) mass is 204 g/mol. The van der Waals surface area contributed by atoms with Crippen LogP contribution in [0.4, 0.5) is 0 Å². The molecule has 3 nitrogen and oxygen atoms in total. The van der Waals surface area contributed by atoms with Gasteiger partial charge in [-0.2, -0.15) is 0 Å². The van der Waals surface area contributed by atoms with E-state index in [1.165, 1.54) is 10.8 Å². The molecule has 0 aromatic carbocycles. The number of aliphatic hydroxyl groups is 1. The zero-order chi connectivity index (χ0) is 9.83. The first kappa shape index (κ1) is 12.8. The van der Waals surface area contributed by atoms with Gasteiger partial charge < -0.3 is 16.6 Å². The van der Waals surface area contributed by atoms with Crippen LogP contribution >= 0.6 is 21.6 Å². The highest BCUT2D eigenvalue weighted by Crippen LogP contribution is 2.37. The summed E-state index contributed by atoms with van der Waals surface area (Å²) in [7, 11) is 8.73. The van der Waals surface area contributed by atoms with E-state index >= 15 is 0 Å². The van der Waals surface area contributed by atoms with Crippen molar-refractivity contribution >= 4 is 45.1 Å². The number of hydrogen-bond acceptors (Lipinski definition) is 5. The van der Waals surface area contributed by atoms with Crippen molar-refractivity contribution < 1.29 is 5.11 Å². The first-order valence-corrected chi connectivity index (χ1v) is 5.97. The minimum Gasteiger partial charge on any atom is -0.387 e. The van der Waals surface area contributed by atoms with Gasteiger partial charge in [0.05, 0.1) is 4.83 Å². The Morgan fingerprint density at radius 1 is 1.08 bits per heavy atom. The molecule has 0 aromatic heterocycles. The average molecular weight is 204 g/mol. The molecule has 0 aliphatic rings. The maximum atomic E-state index is 9.56. The minimum atomic E-state index is -0.850. The maximum Gasteiger partial charge on any atom is 0.159 e. The smallest absolute Gasteiger partial charge is 0.159 e. The first-order chi connectivity index (χ1) is 5.33. The van der Waals surface area contributed by atoms with Gasteiger partial charge in [0, 0.05) is 6.54 Å². The van der Waals surface area contributed by atoms with E-state index < -0.39 is 4.83 Å². The number of nitrogens with two attached hydrogens (primary N) is 2. The second-order valence-electron chi connectivity index (χ2n) is 3.51. The van der Waals surface area contributed by atoms with E-state index in [1.807, 2.05) is 15.7 Å². The molecule has 1 unspecified atom stereocenters. The summed E-state index contributed by atoms with van der Waals surface area (Å²) in [5, 5.41) is 9.56. The van der Waals surface area contributed by atoms with Crippen LogP contribution in [-0.4, -0.2) is 51.1 Å². The molecule has 0 amide bonds. The lowest BCUT2D eigenvalue weighted by Crippen LogP contribution is -2.38. The Morgan fingerprint density at radius 2 is 1.58 bits per heavy atom. The van der Waals surface area contributed by atoms with Crippen molar-refractivity contribution in [2.24, 2.45) is 11.5 Å². The molecule has 5 N–H and O–H groups in total. The van der Waals surface area contributed by atoms with Gasteiger partial charge in [-0.3, -0.25) is 0 Å². The molecule has 1 atom stereocenters. The number of rotatable bonds is 5. The Bertz CT molecular complexity index is 130. The summed E-state index contributed by atoms with van der Waals surface area (Å²) in [5.41, 5.74) is 10.9. The van der Waals surface area contributed by atoms with Gasteiger partial charge in [0.15, 0.2) is 7.85 Å². The van der Waals surface area contributed by atoms with Gasteiger partial charge in [-0.1, -0.05) is 10.8 Å². The van der Waals surface area contributed by atoms with Crippen molar-refractivity contribution in [3.8, 4) is 0 Å². The third-order valence-electron chi connectivity index (χ3n) is 1.32. The summed E-state index contributed by atoms with van der Waals surface area (Å²) >= 11 is 0. The molecule has 0 spiro atoms. The maximum absolute atomic E-state index is 9.56. The Hall–Kier alpha value is 0.775. The van der Waals surface area contributed by atoms with E-state index in [9.17, 15) is 5.11 Å². The fraction of sp³-hybridized carbons (Fsp3) is 1.00. The van der Waals surface area contributed by atoms with E-state index in [4.69, 9.17) is 11.5 Å². The van der Waals surface area contributed by atoms with Crippen molar-refractivity contribution in [2.45, 2.75) is 9.38 Å². The zero-order valence-electron chi connectivity index (χ0n) is 7.83. The van der Waals surface area contributed by atoms with Gasteiger partial charge in [0.1, 0.15) is 15.7 Å². The summed E-state index contributed by atoms with van der Waals surface area (Å²) < 4.78 is -0.0101. The third kappa shape index (κ3) is 5.43. The fourth-order valence-corrected chi connectivity index (χ4v) is 2.44. The minimum absolute atomic E-state index is 0.0101. The lowest BCUT2D eigenvalue weighted by molar-refractivity contribution is 0.232. The highest BCUT2D eigenvalue weighted by atomic mass is 33.1. The second kappa shape index (κ2) is 4.86. The number of hydrogen-bond donors (Lipinski definition) is 3. The Morgan fingerprint density at radius 3 is 1.92 bits per heavy atom. The van der Waals surface area contributed by atoms with Gasteiger partial charge in [0.25, 0.3) is 0 Å². The van der Waals surface area contributed by atoms with Gasteiger partial charge in [-0.25, -0.2) is 0 Å². The summed E-state index contributed by atoms with van der Waals surface area (Å²) in [4.78, 5) is -0.850. The first-order valence-electron chi connectivity index (χ1n) is 3.82. The Labute approximate surface area is 84.4 Å². The molecule has 0 saturated carbocycles. The molecule has 0 fully saturated rings. The van der Waals surface area contributed by atoms with E-state index in [0.717, 1.165) is 0 Å². The topological polar surface area (TPSA) is 72.3 Å². The molecular weight excluding hydrogens is 189 g/mol. The Kier molecular flexibility index (Phi) is 5.17. The molecule has 8 heteroatoms. The van der Waals surface area contributed by atoms with E-state index in [1.54, 1.807) is 18.6 Å². The van der Waals surface area contributed by atoms with Crippen LogP contribution in [0.2, 0.25) is 0 Å². The summed E-state index contributed by atoms with van der Waals surface area (Å²) in [6.45, 7) is 0.844. The zero-order valence-corrected chi connectivity index (χ0v) is 9.47. The van der Waals surface area contributed by atoms with Crippen molar-refractivity contribution in [3.63, 3.8) is 0 Å². The van der Waals surface area contributed by atoms with Crippen LogP contribution in [-0.2, 0) is 0 Å². The molecule has 0 heterocycles. The van der Waals surface area contributed by atoms with E-state index in [-0.39, 0.29) is 11.1 Å². The van der Waals surface area contributed by atoms with Crippen LogP contribution in [0.5, 0.6) is 0 Å². The summed E-state index contributed by atoms with van der Waals surface area (Å²) in [5.74, 6) is 0. The van der Waals surface area contributed by atoms with Crippen LogP contribution in [0.25, 0.3) is 0 Å². The third-order valence-corrected chi connectivity index (χ3v) is 5.22. The van der Waals surface area contributed by atoms with Crippen LogP contribution in [0.1, 0.15) is 0 Å². The summed E-state index contributed by atoms with van der Waals surface area (Å²) in [6.07, 6.45) is 0. The van der Waals surface area contributed by atoms with Crippen LogP contribution < -0.4 is 11.5 Å². The van der Waals surface area contributed by atoms with Gasteiger partial charge in [-0.05, 0) is 11.1 Å². The molecule has 0 radical (unpaired) electrons. The SMILES string of the molecule is BC(B)(CN)SSC(B)(O)CN. The van der Waals surface area contributed by atoms with Gasteiger partial charge >= 0.3 is 0 Å². The fourth-order valence-electron chi connectivity index (χ4n) is 0.271. The quantitative estimate of drug-likeness (QED) is 0.246. The van der Waals surface area contributed by atoms with Crippen LogP contribution in [0, 0.1) is 0 Å². The highest BCUT2D eigenvalue weighted by Gasteiger charge is 2.25. The highest BCUT2D eigenvalue weighted by molar-refractivity contribution is 8.78. The lowest BCUT2D eigenvalue weighted by Gasteiger charge is -2.27. The Balaban J connectivity index is 3.82. The molecule has 0 aliphatic carbocycles. The standard InChI is InChI=1S/C4H15B3N2OS2/c5-3(6,1-8)11-12-4(7,10)2-9/h10H,1-2,5-9H2. The molecule has 0 bridgehead atoms. The van der Waals surface area contributed by atoms with Crippen LogP contribution in [0.3, 0.4) is 0 Å². The normalized spacial score (nSPS) is 17.2. The molecule has 12 heavy (non-hydrogen) atoms. The van der Waals surface area contributed by atoms with Crippen molar-refractivity contribution in [1.29, 1.82) is 0 Å². The van der Waals surface area contributed by atoms with Crippen molar-refractivity contribution in [1.82, 2.24) is 0 Å². The van der Waals surface area contributed by atoms with E-state index in [0.29, 0.717) is 6.54 Å². The van der Waals surface area contributed by atoms with E-state index in [2.05, 4.69) is 0 Å². The van der Waals surface area contributed by atoms with Crippen LogP contribution in [0.15, 0.2) is 0 Å². The van der Waals surface area contributed by atoms with Gasteiger partial charge in [0.2, 0.25) is 0 Å². The van der Waals surface area contributed by atoms with Crippen molar-refractivity contribution in [2.75, 3.05) is 13.1 Å². The molecular formula is C4H15B3N2OS2. The predicted molar refractivity (Wildman–Crippen MR) is 66.6 cm³/mol. The van der Waals surface area contributed by atoms with Crippen molar-refractivity contribution in [3.05, 3.63) is 0 Å². The predicted octanol–water partition coefficient (Wildman–Crippen LogP) is -3.52. The molecule has 0 rings (SSSR count). The lowest BCUT2D eigenvalue weighted by atomic mass is 9.70. The largest absolute Gasteiger partial charge is 0.387 e. The average Bonchev–Trinajstić information content (AvgIpc) is 2.02. The second-order valence-corrected chi connectivity index (χ2v) is 6.83. The molecule has 0 saturated heterocycles.